The largest absolute Gasteiger partial charge is 0.306 e. The maximum Gasteiger partial charge on any atom is 0.200 e. The summed E-state index contributed by atoms with van der Waals surface area (Å²) in [7, 11) is 0. The number of halogens is 5. The van der Waals surface area contributed by atoms with Gasteiger partial charge in [-0.1, -0.05) is 0 Å². The fourth-order valence-electron chi connectivity index (χ4n) is 0.985. The first-order valence-electron chi connectivity index (χ1n) is 4.47. The maximum absolute atomic E-state index is 13.1. The Kier molecular flexibility index (Phi) is 4.27. The molecule has 0 unspecified atom stereocenters. The van der Waals surface area contributed by atoms with Crippen molar-refractivity contribution >= 4 is 5.69 Å². The smallest absolute Gasteiger partial charge is 0.200 e. The Bertz CT molecular complexity index is 581. The van der Waals surface area contributed by atoms with Gasteiger partial charge in [-0.2, -0.15) is 10.5 Å². The van der Waals surface area contributed by atoms with Crippen LogP contribution in [0.5, 0.6) is 0 Å². The van der Waals surface area contributed by atoms with Gasteiger partial charge in [-0.3, -0.25) is 5.43 Å². The summed E-state index contributed by atoms with van der Waals surface area (Å²) >= 11 is 0. The summed E-state index contributed by atoms with van der Waals surface area (Å²) < 4.78 is 64.5. The van der Waals surface area contributed by atoms with Crippen LogP contribution in [-0.2, 0) is 0 Å². The minimum absolute atomic E-state index is 0.476. The molecule has 1 aromatic rings. The lowest BCUT2D eigenvalue weighted by Gasteiger charge is -2.10. The lowest BCUT2D eigenvalue weighted by atomic mass is 10.2. The molecule has 0 fully saturated rings. The van der Waals surface area contributed by atoms with Gasteiger partial charge in [-0.25, -0.2) is 22.0 Å². The monoisotopic (exact) mass is 274 g/mol. The van der Waals surface area contributed by atoms with Crippen LogP contribution in [0.25, 0.3) is 0 Å². The first-order chi connectivity index (χ1) is 8.93. The molecule has 0 aliphatic carbocycles. The third-order valence-electron chi connectivity index (χ3n) is 1.86. The third-order valence-corrected chi connectivity index (χ3v) is 1.86. The molecule has 0 aliphatic rings. The molecule has 0 saturated carbocycles. The molecule has 1 rings (SSSR count). The highest BCUT2D eigenvalue weighted by atomic mass is 19.2. The van der Waals surface area contributed by atoms with E-state index in [4.69, 9.17) is 10.5 Å². The molecule has 9 heteroatoms. The Hall–Kier alpha value is -2.81. The molecule has 2 N–H and O–H groups in total. The number of nitriles is 2. The van der Waals surface area contributed by atoms with Gasteiger partial charge < -0.3 is 5.43 Å². The van der Waals surface area contributed by atoms with E-state index in [9.17, 15) is 22.0 Å². The van der Waals surface area contributed by atoms with Crippen LogP contribution in [0.3, 0.4) is 0 Å². The molecular formula is C10H3F5N4. The van der Waals surface area contributed by atoms with Gasteiger partial charge in [0.15, 0.2) is 23.3 Å². The number of nitrogens with one attached hydrogen (secondary N) is 2. The zero-order chi connectivity index (χ0) is 14.6. The average molecular weight is 274 g/mol. The third kappa shape index (κ3) is 2.72. The summed E-state index contributed by atoms with van der Waals surface area (Å²) in [5, 5.41) is 16.7. The molecule has 0 aromatic heterocycles. The highest BCUT2D eigenvalue weighted by Crippen LogP contribution is 2.26. The molecule has 4 nitrogen and oxygen atoms in total. The number of allylic oxidation sites excluding steroid dienone is 1. The molecule has 0 aliphatic heterocycles. The normalized spacial score (nSPS) is 9.21. The van der Waals surface area contributed by atoms with Gasteiger partial charge in [0.05, 0.1) is 0 Å². The van der Waals surface area contributed by atoms with E-state index in [1.165, 1.54) is 12.1 Å². The molecule has 0 saturated heterocycles. The van der Waals surface area contributed by atoms with Crippen molar-refractivity contribution in [2.45, 2.75) is 0 Å². The van der Waals surface area contributed by atoms with E-state index in [2.05, 4.69) is 0 Å². The number of anilines is 1. The second kappa shape index (κ2) is 5.69. The molecule has 0 spiro atoms. The lowest BCUT2D eigenvalue weighted by molar-refractivity contribution is 0.381. The molecule has 0 amide bonds. The van der Waals surface area contributed by atoms with Crippen molar-refractivity contribution in [1.82, 2.24) is 5.43 Å². The molecule has 0 heterocycles. The fraction of sp³-hybridized carbons (Fsp3) is 0. The van der Waals surface area contributed by atoms with Crippen LogP contribution in [0.15, 0.2) is 11.8 Å². The Morgan fingerprint density at radius 1 is 0.842 bits per heavy atom. The maximum atomic E-state index is 13.1. The first kappa shape index (κ1) is 14.3. The second-order valence-electron chi connectivity index (χ2n) is 3.00. The minimum Gasteiger partial charge on any atom is -0.306 e. The van der Waals surface area contributed by atoms with Gasteiger partial charge in [0.2, 0.25) is 5.82 Å². The van der Waals surface area contributed by atoms with Gasteiger partial charge in [0.25, 0.3) is 0 Å². The van der Waals surface area contributed by atoms with E-state index in [1.54, 1.807) is 5.43 Å². The average Bonchev–Trinajstić information content (AvgIpc) is 2.42. The Labute approximate surface area is 103 Å². The summed E-state index contributed by atoms with van der Waals surface area (Å²) in [6, 6.07) is 2.80. The second-order valence-corrected chi connectivity index (χ2v) is 3.00. The van der Waals surface area contributed by atoms with E-state index in [0.29, 0.717) is 6.20 Å². The topological polar surface area (TPSA) is 71.6 Å². The zero-order valence-corrected chi connectivity index (χ0v) is 8.86. The molecule has 1 aromatic carbocycles. The van der Waals surface area contributed by atoms with Crippen molar-refractivity contribution in [3.8, 4) is 12.1 Å². The van der Waals surface area contributed by atoms with E-state index >= 15 is 0 Å². The zero-order valence-electron chi connectivity index (χ0n) is 8.86. The summed E-state index contributed by atoms with van der Waals surface area (Å²) in [4.78, 5) is 0. The Balaban J connectivity index is 3.08. The molecular weight excluding hydrogens is 271 g/mol. The van der Waals surface area contributed by atoms with Gasteiger partial charge >= 0.3 is 0 Å². The van der Waals surface area contributed by atoms with Crippen molar-refractivity contribution in [1.29, 1.82) is 10.5 Å². The SMILES string of the molecule is N#CC(C#N)=CNNc1c(F)c(F)c(F)c(F)c1F. The molecule has 19 heavy (non-hydrogen) atoms. The van der Waals surface area contributed by atoms with Crippen molar-refractivity contribution in [3.63, 3.8) is 0 Å². The van der Waals surface area contributed by atoms with E-state index in [-0.39, 0.29) is 0 Å². The molecule has 0 bridgehead atoms. The fourth-order valence-corrected chi connectivity index (χ4v) is 0.985. The van der Waals surface area contributed by atoms with Crippen LogP contribution < -0.4 is 10.9 Å². The van der Waals surface area contributed by atoms with Crippen LogP contribution in [0.2, 0.25) is 0 Å². The van der Waals surface area contributed by atoms with Crippen LogP contribution >= 0.6 is 0 Å². The Morgan fingerprint density at radius 3 is 1.68 bits per heavy atom. The number of hydrazine groups is 1. The van der Waals surface area contributed by atoms with Gasteiger partial charge in [0.1, 0.15) is 23.4 Å². The summed E-state index contributed by atoms with van der Waals surface area (Å²) in [5.41, 5.74) is 1.72. The van der Waals surface area contributed by atoms with Crippen molar-refractivity contribution in [2.24, 2.45) is 0 Å². The van der Waals surface area contributed by atoms with Gasteiger partial charge in [-0.05, 0) is 0 Å². The van der Waals surface area contributed by atoms with Crippen molar-refractivity contribution in [2.75, 3.05) is 5.43 Å². The predicted octanol–water partition coefficient (Wildman–Crippen LogP) is 2.23. The minimum atomic E-state index is -2.29. The van der Waals surface area contributed by atoms with Gasteiger partial charge in [0, 0.05) is 6.20 Å². The van der Waals surface area contributed by atoms with Gasteiger partial charge in [-0.15, -0.1) is 0 Å². The molecule has 0 atom stereocenters. The van der Waals surface area contributed by atoms with Crippen LogP contribution in [0.4, 0.5) is 27.6 Å². The number of rotatable bonds is 3. The van der Waals surface area contributed by atoms with E-state index in [1.807, 2.05) is 5.43 Å². The lowest BCUT2D eigenvalue weighted by Crippen LogP contribution is -2.19. The van der Waals surface area contributed by atoms with Crippen LogP contribution in [-0.4, -0.2) is 0 Å². The predicted molar refractivity (Wildman–Crippen MR) is 52.3 cm³/mol. The number of nitrogens with zero attached hydrogens (tertiary/aromatic N) is 2. The van der Waals surface area contributed by atoms with Crippen molar-refractivity contribution in [3.05, 3.63) is 40.9 Å². The highest BCUT2D eigenvalue weighted by molar-refractivity contribution is 5.47. The standard InChI is InChI=1S/C10H3F5N4/c11-5-6(12)8(14)10(9(15)7(5)13)19-18-3-4(1-16)2-17/h3,18-19H. The highest BCUT2D eigenvalue weighted by Gasteiger charge is 2.25. The molecule has 0 radical (unpaired) electrons. The Morgan fingerprint density at radius 2 is 1.26 bits per heavy atom. The number of benzene rings is 1. The van der Waals surface area contributed by atoms with E-state index in [0.717, 1.165) is 0 Å². The van der Waals surface area contributed by atoms with Crippen LogP contribution in [0, 0.1) is 51.7 Å². The van der Waals surface area contributed by atoms with E-state index < -0.39 is 40.3 Å². The quantitative estimate of drug-likeness (QED) is 0.291. The summed E-state index contributed by atoms with van der Waals surface area (Å²) in [6.07, 6.45) is 0.693. The number of hydrogen-bond acceptors (Lipinski definition) is 4. The number of hydrogen-bond donors (Lipinski definition) is 2. The van der Waals surface area contributed by atoms with Crippen LogP contribution in [0.1, 0.15) is 0 Å². The summed E-state index contributed by atoms with van der Waals surface area (Å²) in [6.45, 7) is 0. The first-order valence-corrected chi connectivity index (χ1v) is 4.47. The summed E-state index contributed by atoms with van der Waals surface area (Å²) in [5.74, 6) is -10.7. The van der Waals surface area contributed by atoms with Crippen molar-refractivity contribution < 1.29 is 22.0 Å². The molecule has 98 valence electrons.